The Balaban J connectivity index is 3.39. The summed E-state index contributed by atoms with van der Waals surface area (Å²) in [5.74, 6) is -0.0509. The van der Waals surface area contributed by atoms with Gasteiger partial charge in [-0.3, -0.25) is 4.79 Å². The van der Waals surface area contributed by atoms with E-state index in [0.717, 1.165) is 11.8 Å². The molecule has 1 aromatic rings. The molecule has 0 saturated heterocycles. The lowest BCUT2D eigenvalue weighted by Gasteiger charge is -2.09. The maximum absolute atomic E-state index is 11.1. The molecule has 0 aliphatic rings. The van der Waals surface area contributed by atoms with E-state index in [2.05, 4.69) is 11.6 Å². The van der Waals surface area contributed by atoms with Crippen LogP contribution in [-0.2, 0) is 11.8 Å². The fourth-order valence-corrected chi connectivity index (χ4v) is 2.05. The molecule has 126 valence electrons. The highest BCUT2D eigenvalue weighted by molar-refractivity contribution is 5.97. The second-order valence-corrected chi connectivity index (χ2v) is 5.31. The molecule has 7 nitrogen and oxygen atoms in total. The van der Waals surface area contributed by atoms with Gasteiger partial charge in [0.25, 0.3) is 0 Å². The van der Waals surface area contributed by atoms with Crippen molar-refractivity contribution in [2.45, 2.75) is 13.8 Å². The Labute approximate surface area is 141 Å². The standard InChI is InChI=1S/C17H22N6O/c1-10(7-18)5-13-9-23(4)17(22-13)12(3)14(8-19)15(20)6-11(2)16(21)24/h5-9,18-19H,2,20H2,1,3-4H3,(H2,21,24)/b10-5+,14-12+,15-6+,18-7?,19-8?. The third kappa shape index (κ3) is 4.39. The molecule has 0 spiro atoms. The van der Waals surface area contributed by atoms with Crippen molar-refractivity contribution in [3.8, 4) is 0 Å². The summed E-state index contributed by atoms with van der Waals surface area (Å²) in [5, 5.41) is 14.8. The van der Waals surface area contributed by atoms with Gasteiger partial charge in [0.15, 0.2) is 0 Å². The van der Waals surface area contributed by atoms with Crippen LogP contribution in [0.4, 0.5) is 0 Å². The van der Waals surface area contributed by atoms with Crippen LogP contribution in [0.25, 0.3) is 11.6 Å². The molecule has 0 unspecified atom stereocenters. The molecule has 1 aromatic heterocycles. The van der Waals surface area contributed by atoms with Gasteiger partial charge in [-0.2, -0.15) is 0 Å². The molecule has 1 rings (SSSR count). The molecule has 0 radical (unpaired) electrons. The molecule has 0 bridgehead atoms. The molecule has 0 fully saturated rings. The first-order valence-corrected chi connectivity index (χ1v) is 7.11. The molecule has 0 atom stereocenters. The van der Waals surface area contributed by atoms with Crippen molar-refractivity contribution in [3.05, 3.63) is 52.8 Å². The number of carbonyl (C=O) groups excluding carboxylic acids is 1. The molecular formula is C17H22N6O. The average Bonchev–Trinajstić information content (AvgIpc) is 2.87. The quantitative estimate of drug-likeness (QED) is 0.345. The summed E-state index contributed by atoms with van der Waals surface area (Å²) in [6, 6.07) is 0. The minimum atomic E-state index is -0.675. The van der Waals surface area contributed by atoms with E-state index in [0.29, 0.717) is 22.7 Å². The summed E-state index contributed by atoms with van der Waals surface area (Å²) < 4.78 is 1.80. The third-order valence-electron chi connectivity index (χ3n) is 3.34. The second-order valence-electron chi connectivity index (χ2n) is 5.31. The molecule has 0 saturated carbocycles. The Bertz CT molecular complexity index is 792. The van der Waals surface area contributed by atoms with Crippen LogP contribution in [0.2, 0.25) is 0 Å². The van der Waals surface area contributed by atoms with Crippen LogP contribution >= 0.6 is 0 Å². The number of nitrogens with two attached hydrogens (primary N) is 2. The molecule has 0 aliphatic heterocycles. The van der Waals surface area contributed by atoms with E-state index in [-0.39, 0.29) is 11.3 Å². The average molecular weight is 326 g/mol. The van der Waals surface area contributed by atoms with Crippen molar-refractivity contribution in [1.29, 1.82) is 10.8 Å². The van der Waals surface area contributed by atoms with Gasteiger partial charge in [-0.1, -0.05) is 6.58 Å². The number of carbonyl (C=O) groups is 1. The normalized spacial score (nSPS) is 13.3. The fraction of sp³-hybridized carbons (Fsp3) is 0.176. The Morgan fingerprint density at radius 3 is 2.42 bits per heavy atom. The summed E-state index contributed by atoms with van der Waals surface area (Å²) in [4.78, 5) is 15.6. The first-order chi connectivity index (χ1) is 11.2. The van der Waals surface area contributed by atoms with E-state index in [1.165, 1.54) is 12.3 Å². The summed E-state index contributed by atoms with van der Waals surface area (Å²) in [5.41, 5.74) is 13.9. The zero-order valence-electron chi connectivity index (χ0n) is 14.1. The van der Waals surface area contributed by atoms with Crippen LogP contribution in [0.15, 0.2) is 41.3 Å². The van der Waals surface area contributed by atoms with Gasteiger partial charge in [0, 0.05) is 48.1 Å². The number of rotatable bonds is 7. The largest absolute Gasteiger partial charge is 0.398 e. The van der Waals surface area contributed by atoms with Crippen molar-refractivity contribution in [1.82, 2.24) is 9.55 Å². The van der Waals surface area contributed by atoms with E-state index in [1.54, 1.807) is 17.6 Å². The van der Waals surface area contributed by atoms with Gasteiger partial charge < -0.3 is 26.9 Å². The lowest BCUT2D eigenvalue weighted by molar-refractivity contribution is -0.114. The maximum Gasteiger partial charge on any atom is 0.248 e. The molecule has 0 aliphatic carbocycles. The fourth-order valence-electron chi connectivity index (χ4n) is 2.05. The minimum absolute atomic E-state index is 0.0599. The van der Waals surface area contributed by atoms with Gasteiger partial charge in [-0.25, -0.2) is 4.98 Å². The Hall–Kier alpha value is -3.22. The summed E-state index contributed by atoms with van der Waals surface area (Å²) in [6.45, 7) is 7.12. The van der Waals surface area contributed by atoms with Crippen LogP contribution in [0.1, 0.15) is 25.4 Å². The van der Waals surface area contributed by atoms with Gasteiger partial charge in [0.2, 0.25) is 5.91 Å². The van der Waals surface area contributed by atoms with Crippen LogP contribution in [0.5, 0.6) is 0 Å². The number of hydrogen-bond donors (Lipinski definition) is 4. The number of amides is 1. The number of allylic oxidation sites excluding steroid dienone is 3. The molecular weight excluding hydrogens is 304 g/mol. The Morgan fingerprint density at radius 2 is 1.92 bits per heavy atom. The first kappa shape index (κ1) is 18.8. The van der Waals surface area contributed by atoms with Gasteiger partial charge in [-0.05, 0) is 31.6 Å². The smallest absolute Gasteiger partial charge is 0.248 e. The number of aromatic nitrogens is 2. The highest BCUT2D eigenvalue weighted by atomic mass is 16.1. The third-order valence-corrected chi connectivity index (χ3v) is 3.34. The zero-order chi connectivity index (χ0) is 18.4. The lowest BCUT2D eigenvalue weighted by Crippen LogP contribution is -2.14. The van der Waals surface area contributed by atoms with Crippen molar-refractivity contribution in [3.63, 3.8) is 0 Å². The number of nitrogens with one attached hydrogen (secondary N) is 2. The predicted octanol–water partition coefficient (Wildman–Crippen LogP) is 1.78. The Kier molecular flexibility index (Phi) is 6.17. The number of nitrogens with zero attached hydrogens (tertiary/aromatic N) is 2. The predicted molar refractivity (Wildman–Crippen MR) is 97.6 cm³/mol. The van der Waals surface area contributed by atoms with E-state index >= 15 is 0 Å². The van der Waals surface area contributed by atoms with Gasteiger partial charge in [0.1, 0.15) is 5.82 Å². The van der Waals surface area contributed by atoms with Crippen LogP contribution < -0.4 is 11.5 Å². The first-order valence-electron chi connectivity index (χ1n) is 7.11. The molecule has 7 heteroatoms. The topological polar surface area (TPSA) is 135 Å². The molecule has 1 amide bonds. The van der Waals surface area contributed by atoms with E-state index in [1.807, 2.05) is 20.2 Å². The number of primary amides is 1. The van der Waals surface area contributed by atoms with E-state index < -0.39 is 5.91 Å². The highest BCUT2D eigenvalue weighted by Gasteiger charge is 2.12. The number of imidazole rings is 1. The minimum Gasteiger partial charge on any atom is -0.398 e. The van der Waals surface area contributed by atoms with E-state index in [4.69, 9.17) is 22.3 Å². The van der Waals surface area contributed by atoms with Crippen molar-refractivity contribution in [2.24, 2.45) is 18.5 Å². The molecule has 6 N–H and O–H groups in total. The summed E-state index contributed by atoms with van der Waals surface area (Å²) in [6.07, 6.45) is 7.28. The number of hydrogen-bond acceptors (Lipinski definition) is 5. The second kappa shape index (κ2) is 7.87. The van der Waals surface area contributed by atoms with E-state index in [9.17, 15) is 4.79 Å². The van der Waals surface area contributed by atoms with Gasteiger partial charge in [0.05, 0.1) is 5.69 Å². The van der Waals surface area contributed by atoms with Gasteiger partial charge >= 0.3 is 0 Å². The maximum atomic E-state index is 11.1. The lowest BCUT2D eigenvalue weighted by atomic mass is 10.0. The number of aryl methyl sites for hydroxylation is 1. The van der Waals surface area contributed by atoms with Crippen molar-refractivity contribution in [2.75, 3.05) is 0 Å². The van der Waals surface area contributed by atoms with Crippen molar-refractivity contribution >= 4 is 30.0 Å². The SMILES string of the molecule is C=C(/C=C(N)\C(C=N)=C(/C)c1nc(/C=C(\C)C=N)cn1C)C(N)=O. The zero-order valence-corrected chi connectivity index (χ0v) is 14.1. The molecule has 0 aromatic carbocycles. The van der Waals surface area contributed by atoms with Crippen molar-refractivity contribution < 1.29 is 4.79 Å². The summed E-state index contributed by atoms with van der Waals surface area (Å²) in [7, 11) is 1.83. The Morgan fingerprint density at radius 1 is 1.29 bits per heavy atom. The van der Waals surface area contributed by atoms with Gasteiger partial charge in [-0.15, -0.1) is 0 Å². The van der Waals surface area contributed by atoms with Crippen LogP contribution in [0, 0.1) is 10.8 Å². The highest BCUT2D eigenvalue weighted by Crippen LogP contribution is 2.21. The summed E-state index contributed by atoms with van der Waals surface area (Å²) >= 11 is 0. The van der Waals surface area contributed by atoms with Crippen LogP contribution in [0.3, 0.4) is 0 Å². The van der Waals surface area contributed by atoms with Crippen LogP contribution in [-0.4, -0.2) is 27.9 Å². The molecule has 1 heterocycles. The molecule has 24 heavy (non-hydrogen) atoms. The monoisotopic (exact) mass is 326 g/mol.